The predicted molar refractivity (Wildman–Crippen MR) is 64.2 cm³/mol. The lowest BCUT2D eigenvalue weighted by atomic mass is 9.96. The first kappa shape index (κ1) is 14.4. The monoisotopic (exact) mass is 254 g/mol. The zero-order chi connectivity index (χ0) is 13.6. The smallest absolute Gasteiger partial charge is 0.387 e. The van der Waals surface area contributed by atoms with Crippen molar-refractivity contribution >= 4 is 0 Å². The van der Waals surface area contributed by atoms with Gasteiger partial charge in [-0.25, -0.2) is 0 Å². The second-order valence-electron chi connectivity index (χ2n) is 4.59. The lowest BCUT2D eigenvalue weighted by Gasteiger charge is -2.17. The molecule has 0 saturated heterocycles. The van der Waals surface area contributed by atoms with Crippen LogP contribution in [-0.4, -0.2) is 13.2 Å². The molecule has 5 heteroatoms. The minimum absolute atomic E-state index is 0.162. The molecular weight excluding hydrogens is 238 g/mol. The first-order chi connectivity index (χ1) is 8.44. The summed E-state index contributed by atoms with van der Waals surface area (Å²) in [5, 5.41) is 11.9. The Kier molecular flexibility index (Phi) is 5.05. The van der Waals surface area contributed by atoms with E-state index in [1.165, 1.54) is 6.07 Å². The molecule has 0 aliphatic heterocycles. The summed E-state index contributed by atoms with van der Waals surface area (Å²) in [4.78, 5) is 0. The van der Waals surface area contributed by atoms with Crippen LogP contribution in [0.15, 0.2) is 24.3 Å². The Morgan fingerprint density at radius 1 is 1.39 bits per heavy atom. The fraction of sp³-hybridized carbons (Fsp3) is 0.462. The normalized spacial score (nSPS) is 11.3. The summed E-state index contributed by atoms with van der Waals surface area (Å²) in [6, 6.07) is 8.77. The maximum atomic E-state index is 12.2. The maximum absolute atomic E-state index is 12.2. The van der Waals surface area contributed by atoms with E-state index in [1.54, 1.807) is 18.2 Å². The van der Waals surface area contributed by atoms with Gasteiger partial charge in [-0.3, -0.25) is 0 Å². The number of nitriles is 1. The number of rotatable bonds is 6. The molecule has 0 atom stereocenters. The van der Waals surface area contributed by atoms with Crippen LogP contribution >= 0.6 is 0 Å². The van der Waals surface area contributed by atoms with Crippen molar-refractivity contribution in [2.24, 2.45) is 5.41 Å². The second-order valence-corrected chi connectivity index (χ2v) is 4.59. The van der Waals surface area contributed by atoms with E-state index < -0.39 is 12.0 Å². The van der Waals surface area contributed by atoms with Gasteiger partial charge in [-0.15, -0.1) is 0 Å². The van der Waals surface area contributed by atoms with Crippen LogP contribution in [0.2, 0.25) is 0 Å². The first-order valence-electron chi connectivity index (χ1n) is 5.59. The average Bonchev–Trinajstić information content (AvgIpc) is 2.30. The SMILES string of the molecule is CC(C)(C#N)CNCc1ccccc1OC(F)F. The molecule has 0 saturated carbocycles. The highest BCUT2D eigenvalue weighted by Crippen LogP contribution is 2.20. The van der Waals surface area contributed by atoms with Gasteiger partial charge in [0.05, 0.1) is 11.5 Å². The van der Waals surface area contributed by atoms with Crippen LogP contribution < -0.4 is 10.1 Å². The number of halogens is 2. The number of nitrogens with one attached hydrogen (secondary N) is 1. The Hall–Kier alpha value is -1.67. The van der Waals surface area contributed by atoms with Crippen molar-refractivity contribution < 1.29 is 13.5 Å². The number of hydrogen-bond acceptors (Lipinski definition) is 3. The molecule has 0 amide bonds. The fourth-order valence-electron chi connectivity index (χ4n) is 1.41. The Labute approximate surface area is 105 Å². The Balaban J connectivity index is 2.60. The predicted octanol–water partition coefficient (Wildman–Crippen LogP) is 2.93. The van der Waals surface area contributed by atoms with Gasteiger partial charge >= 0.3 is 6.61 Å². The molecule has 3 nitrogen and oxygen atoms in total. The van der Waals surface area contributed by atoms with Gasteiger partial charge in [0.15, 0.2) is 0 Å². The molecule has 0 radical (unpaired) electrons. The van der Waals surface area contributed by atoms with E-state index in [1.807, 2.05) is 13.8 Å². The zero-order valence-corrected chi connectivity index (χ0v) is 10.4. The molecule has 18 heavy (non-hydrogen) atoms. The summed E-state index contributed by atoms with van der Waals surface area (Å²) in [6.07, 6.45) is 0. The van der Waals surface area contributed by atoms with E-state index in [2.05, 4.69) is 16.1 Å². The van der Waals surface area contributed by atoms with Crippen molar-refractivity contribution in [3.8, 4) is 11.8 Å². The van der Waals surface area contributed by atoms with Gasteiger partial charge in [-0.1, -0.05) is 18.2 Å². The molecule has 1 aromatic rings. The van der Waals surface area contributed by atoms with Crippen molar-refractivity contribution in [3.63, 3.8) is 0 Å². The summed E-state index contributed by atoms with van der Waals surface area (Å²) in [5.74, 6) is 0.162. The highest BCUT2D eigenvalue weighted by atomic mass is 19.3. The second kappa shape index (κ2) is 6.31. The molecule has 0 spiro atoms. The van der Waals surface area contributed by atoms with E-state index in [4.69, 9.17) is 5.26 Å². The number of alkyl halides is 2. The summed E-state index contributed by atoms with van der Waals surface area (Å²) < 4.78 is 28.8. The molecule has 0 heterocycles. The van der Waals surface area contributed by atoms with Gasteiger partial charge in [0, 0.05) is 18.7 Å². The Bertz CT molecular complexity index is 427. The van der Waals surface area contributed by atoms with Crippen LogP contribution in [0.25, 0.3) is 0 Å². The number of para-hydroxylation sites is 1. The number of benzene rings is 1. The van der Waals surface area contributed by atoms with Gasteiger partial charge in [-0.2, -0.15) is 14.0 Å². The lowest BCUT2D eigenvalue weighted by molar-refractivity contribution is -0.0505. The van der Waals surface area contributed by atoms with Crippen LogP contribution in [0, 0.1) is 16.7 Å². The fourth-order valence-corrected chi connectivity index (χ4v) is 1.41. The van der Waals surface area contributed by atoms with Crippen LogP contribution in [0.5, 0.6) is 5.75 Å². The van der Waals surface area contributed by atoms with Crippen molar-refractivity contribution in [3.05, 3.63) is 29.8 Å². The molecular formula is C13H16F2N2O. The molecule has 0 bridgehead atoms. The summed E-state index contributed by atoms with van der Waals surface area (Å²) >= 11 is 0. The average molecular weight is 254 g/mol. The van der Waals surface area contributed by atoms with E-state index >= 15 is 0 Å². The standard InChI is InChI=1S/C13H16F2N2O/c1-13(2,8-16)9-17-7-10-5-3-4-6-11(10)18-12(14)15/h3-6,12,17H,7,9H2,1-2H3. The van der Waals surface area contributed by atoms with E-state index in [9.17, 15) is 8.78 Å². The zero-order valence-electron chi connectivity index (χ0n) is 10.4. The molecule has 1 rings (SSSR count). The number of nitrogens with zero attached hydrogens (tertiary/aromatic N) is 1. The molecule has 0 aromatic heterocycles. The molecule has 0 fully saturated rings. The molecule has 98 valence electrons. The molecule has 1 N–H and O–H groups in total. The van der Waals surface area contributed by atoms with E-state index in [0.29, 0.717) is 18.7 Å². The van der Waals surface area contributed by atoms with E-state index in [0.717, 1.165) is 0 Å². The Morgan fingerprint density at radius 3 is 2.67 bits per heavy atom. The van der Waals surface area contributed by atoms with Gasteiger partial charge in [0.25, 0.3) is 0 Å². The number of hydrogen-bond donors (Lipinski definition) is 1. The van der Waals surface area contributed by atoms with Gasteiger partial charge in [0.1, 0.15) is 5.75 Å². The molecule has 0 aliphatic carbocycles. The Morgan fingerprint density at radius 2 is 2.06 bits per heavy atom. The quantitative estimate of drug-likeness (QED) is 0.849. The molecule has 1 aromatic carbocycles. The van der Waals surface area contributed by atoms with Gasteiger partial charge < -0.3 is 10.1 Å². The third-order valence-corrected chi connectivity index (χ3v) is 2.37. The van der Waals surface area contributed by atoms with Crippen molar-refractivity contribution in [2.45, 2.75) is 27.0 Å². The molecule has 0 unspecified atom stereocenters. The minimum atomic E-state index is -2.83. The van der Waals surface area contributed by atoms with Crippen LogP contribution in [0.3, 0.4) is 0 Å². The van der Waals surface area contributed by atoms with Crippen molar-refractivity contribution in [2.75, 3.05) is 6.54 Å². The minimum Gasteiger partial charge on any atom is -0.434 e. The highest BCUT2D eigenvalue weighted by Gasteiger charge is 2.16. The van der Waals surface area contributed by atoms with Crippen molar-refractivity contribution in [1.82, 2.24) is 5.32 Å². The van der Waals surface area contributed by atoms with Crippen LogP contribution in [0.4, 0.5) is 8.78 Å². The van der Waals surface area contributed by atoms with E-state index in [-0.39, 0.29) is 5.75 Å². The van der Waals surface area contributed by atoms with Crippen molar-refractivity contribution in [1.29, 1.82) is 5.26 Å². The first-order valence-corrected chi connectivity index (χ1v) is 5.59. The third kappa shape index (κ3) is 4.68. The maximum Gasteiger partial charge on any atom is 0.387 e. The van der Waals surface area contributed by atoms with Gasteiger partial charge in [-0.05, 0) is 19.9 Å². The van der Waals surface area contributed by atoms with Crippen LogP contribution in [0.1, 0.15) is 19.4 Å². The summed E-state index contributed by atoms with van der Waals surface area (Å²) in [6.45, 7) is 1.64. The topological polar surface area (TPSA) is 45.0 Å². The third-order valence-electron chi connectivity index (χ3n) is 2.37. The summed E-state index contributed by atoms with van der Waals surface area (Å²) in [7, 11) is 0. The largest absolute Gasteiger partial charge is 0.434 e. The summed E-state index contributed by atoms with van der Waals surface area (Å²) in [5.41, 5.74) is 0.157. The van der Waals surface area contributed by atoms with Gasteiger partial charge in [0.2, 0.25) is 0 Å². The highest BCUT2D eigenvalue weighted by molar-refractivity contribution is 5.33. The molecule has 0 aliphatic rings. The van der Waals surface area contributed by atoms with Crippen LogP contribution in [-0.2, 0) is 6.54 Å². The number of ether oxygens (including phenoxy) is 1. The lowest BCUT2D eigenvalue weighted by Crippen LogP contribution is -2.27.